The van der Waals surface area contributed by atoms with E-state index in [1.807, 2.05) is 10.3 Å². The number of rotatable bonds is 4. The molecule has 2 heterocycles. The first-order valence-corrected chi connectivity index (χ1v) is 9.13. The number of piperazine rings is 1. The first kappa shape index (κ1) is 16.2. The molecule has 0 spiro atoms. The van der Waals surface area contributed by atoms with E-state index in [1.165, 1.54) is 10.4 Å². The van der Waals surface area contributed by atoms with Crippen LogP contribution in [0.1, 0.15) is 26.4 Å². The molecule has 23 heavy (non-hydrogen) atoms. The van der Waals surface area contributed by atoms with Crippen LogP contribution < -0.4 is 0 Å². The summed E-state index contributed by atoms with van der Waals surface area (Å²) in [6.07, 6.45) is 1.08. The van der Waals surface area contributed by atoms with E-state index in [-0.39, 0.29) is 5.91 Å². The molecule has 1 fully saturated rings. The first-order valence-electron chi connectivity index (χ1n) is 8.25. The van der Waals surface area contributed by atoms with Gasteiger partial charge in [0.05, 0.1) is 5.56 Å². The second-order valence-corrected chi connectivity index (χ2v) is 7.28. The lowest BCUT2D eigenvalue weighted by Gasteiger charge is -2.34. The van der Waals surface area contributed by atoms with Gasteiger partial charge in [-0.15, -0.1) is 11.3 Å². The maximum atomic E-state index is 12.6. The fourth-order valence-corrected chi connectivity index (χ4v) is 3.86. The van der Waals surface area contributed by atoms with Gasteiger partial charge in [-0.3, -0.25) is 9.69 Å². The maximum absolute atomic E-state index is 12.6. The van der Waals surface area contributed by atoms with E-state index >= 15 is 0 Å². The van der Waals surface area contributed by atoms with Crippen LogP contribution in [0.4, 0.5) is 0 Å². The Labute approximate surface area is 142 Å². The van der Waals surface area contributed by atoms with Crippen molar-refractivity contribution < 1.29 is 4.79 Å². The van der Waals surface area contributed by atoms with Crippen LogP contribution >= 0.6 is 11.3 Å². The lowest BCUT2D eigenvalue weighted by Crippen LogP contribution is -2.49. The number of hydrogen-bond donors (Lipinski definition) is 0. The van der Waals surface area contributed by atoms with Gasteiger partial charge in [0, 0.05) is 43.0 Å². The van der Waals surface area contributed by atoms with Crippen LogP contribution in [0, 0.1) is 13.8 Å². The van der Waals surface area contributed by atoms with Gasteiger partial charge < -0.3 is 4.90 Å². The zero-order valence-corrected chi connectivity index (χ0v) is 14.7. The number of aryl methyl sites for hydroxylation is 1. The van der Waals surface area contributed by atoms with Crippen molar-refractivity contribution in [2.75, 3.05) is 32.7 Å². The minimum absolute atomic E-state index is 0.203. The lowest BCUT2D eigenvalue weighted by molar-refractivity contribution is 0.0638. The van der Waals surface area contributed by atoms with Gasteiger partial charge in [-0.05, 0) is 31.4 Å². The molecular formula is C19H24N2OS. The zero-order chi connectivity index (χ0) is 16.2. The zero-order valence-electron chi connectivity index (χ0n) is 13.9. The Balaban J connectivity index is 1.50. The van der Waals surface area contributed by atoms with Crippen molar-refractivity contribution in [2.45, 2.75) is 20.3 Å². The van der Waals surface area contributed by atoms with Crippen molar-refractivity contribution in [1.82, 2.24) is 9.80 Å². The van der Waals surface area contributed by atoms with Crippen LogP contribution in [-0.4, -0.2) is 48.4 Å². The Bertz CT molecular complexity index is 657. The van der Waals surface area contributed by atoms with Crippen LogP contribution in [0.3, 0.4) is 0 Å². The van der Waals surface area contributed by atoms with Crippen molar-refractivity contribution >= 4 is 17.2 Å². The summed E-state index contributed by atoms with van der Waals surface area (Å²) in [5.74, 6) is 0.203. The van der Waals surface area contributed by atoms with Gasteiger partial charge in [-0.25, -0.2) is 0 Å². The summed E-state index contributed by atoms with van der Waals surface area (Å²) in [6, 6.07) is 10.6. The maximum Gasteiger partial charge on any atom is 0.255 e. The molecule has 1 aliphatic rings. The third kappa shape index (κ3) is 3.82. The standard InChI is InChI=1S/C19H24N2OS/c1-15-16(2)23-14-18(15)19(22)21-12-10-20(11-13-21)9-8-17-6-4-3-5-7-17/h3-7,14H,8-13H2,1-2H3. The molecule has 0 unspecified atom stereocenters. The number of carbonyl (C=O) groups is 1. The van der Waals surface area contributed by atoms with Gasteiger partial charge in [-0.1, -0.05) is 30.3 Å². The predicted octanol–water partition coefficient (Wildman–Crippen LogP) is 3.37. The highest BCUT2D eigenvalue weighted by Gasteiger charge is 2.23. The Kier molecular flexibility index (Phi) is 5.13. The molecule has 4 heteroatoms. The highest BCUT2D eigenvalue weighted by Crippen LogP contribution is 2.22. The number of carbonyl (C=O) groups excluding carboxylic acids is 1. The summed E-state index contributed by atoms with van der Waals surface area (Å²) in [6.45, 7) is 8.82. The summed E-state index contributed by atoms with van der Waals surface area (Å²) in [4.78, 5) is 18.3. The number of amides is 1. The molecule has 0 atom stereocenters. The highest BCUT2D eigenvalue weighted by molar-refractivity contribution is 7.10. The van der Waals surface area contributed by atoms with Gasteiger partial charge in [0.1, 0.15) is 0 Å². The molecule has 1 aromatic carbocycles. The Hall–Kier alpha value is -1.65. The van der Waals surface area contributed by atoms with E-state index in [1.54, 1.807) is 11.3 Å². The largest absolute Gasteiger partial charge is 0.336 e. The molecular weight excluding hydrogens is 304 g/mol. The molecule has 0 radical (unpaired) electrons. The normalized spacial score (nSPS) is 15.8. The van der Waals surface area contributed by atoms with E-state index in [0.29, 0.717) is 0 Å². The van der Waals surface area contributed by atoms with Crippen LogP contribution in [0.25, 0.3) is 0 Å². The van der Waals surface area contributed by atoms with E-state index in [9.17, 15) is 4.79 Å². The van der Waals surface area contributed by atoms with E-state index in [2.05, 4.69) is 49.1 Å². The Morgan fingerprint density at radius 1 is 1.09 bits per heavy atom. The minimum Gasteiger partial charge on any atom is -0.336 e. The summed E-state index contributed by atoms with van der Waals surface area (Å²) in [5, 5.41) is 2.01. The number of thiophene rings is 1. The fraction of sp³-hybridized carbons (Fsp3) is 0.421. The smallest absolute Gasteiger partial charge is 0.255 e. The third-order valence-electron chi connectivity index (χ3n) is 4.74. The molecule has 1 saturated heterocycles. The Morgan fingerprint density at radius 2 is 1.78 bits per heavy atom. The van der Waals surface area contributed by atoms with Gasteiger partial charge in [0.15, 0.2) is 0 Å². The molecule has 1 aromatic heterocycles. The number of hydrogen-bond acceptors (Lipinski definition) is 3. The molecule has 3 rings (SSSR count). The highest BCUT2D eigenvalue weighted by atomic mass is 32.1. The van der Waals surface area contributed by atoms with Crippen LogP contribution in [0.15, 0.2) is 35.7 Å². The molecule has 122 valence electrons. The lowest BCUT2D eigenvalue weighted by atomic mass is 10.1. The van der Waals surface area contributed by atoms with Crippen LogP contribution in [0.2, 0.25) is 0 Å². The van der Waals surface area contributed by atoms with E-state index in [0.717, 1.165) is 50.3 Å². The van der Waals surface area contributed by atoms with Crippen molar-refractivity contribution in [3.63, 3.8) is 0 Å². The van der Waals surface area contributed by atoms with Crippen molar-refractivity contribution in [2.24, 2.45) is 0 Å². The van der Waals surface area contributed by atoms with E-state index < -0.39 is 0 Å². The number of benzene rings is 1. The monoisotopic (exact) mass is 328 g/mol. The van der Waals surface area contributed by atoms with E-state index in [4.69, 9.17) is 0 Å². The average Bonchev–Trinajstić information content (AvgIpc) is 2.93. The minimum atomic E-state index is 0.203. The number of nitrogens with zero attached hydrogens (tertiary/aromatic N) is 2. The van der Waals surface area contributed by atoms with Crippen LogP contribution in [-0.2, 0) is 6.42 Å². The van der Waals surface area contributed by atoms with Crippen molar-refractivity contribution in [1.29, 1.82) is 0 Å². The molecule has 0 N–H and O–H groups in total. The molecule has 1 aliphatic heterocycles. The molecule has 3 nitrogen and oxygen atoms in total. The van der Waals surface area contributed by atoms with Gasteiger partial charge in [0.2, 0.25) is 0 Å². The molecule has 1 amide bonds. The van der Waals surface area contributed by atoms with Gasteiger partial charge >= 0.3 is 0 Å². The SMILES string of the molecule is Cc1scc(C(=O)N2CCN(CCc3ccccc3)CC2)c1C. The third-order valence-corrected chi connectivity index (χ3v) is 5.75. The first-order chi connectivity index (χ1) is 11.1. The fourth-order valence-electron chi connectivity index (χ4n) is 3.00. The molecule has 2 aromatic rings. The summed E-state index contributed by atoms with van der Waals surface area (Å²) in [5.41, 5.74) is 3.42. The average molecular weight is 328 g/mol. The van der Waals surface area contributed by atoms with Crippen molar-refractivity contribution in [3.05, 3.63) is 57.3 Å². The van der Waals surface area contributed by atoms with Gasteiger partial charge in [0.25, 0.3) is 5.91 Å². The molecule has 0 aliphatic carbocycles. The summed E-state index contributed by atoms with van der Waals surface area (Å²) >= 11 is 1.67. The quantitative estimate of drug-likeness (QED) is 0.859. The van der Waals surface area contributed by atoms with Crippen LogP contribution in [0.5, 0.6) is 0 Å². The molecule has 0 saturated carbocycles. The summed E-state index contributed by atoms with van der Waals surface area (Å²) < 4.78 is 0. The van der Waals surface area contributed by atoms with Crippen molar-refractivity contribution in [3.8, 4) is 0 Å². The molecule has 0 bridgehead atoms. The predicted molar refractivity (Wildman–Crippen MR) is 96.3 cm³/mol. The topological polar surface area (TPSA) is 23.6 Å². The second-order valence-electron chi connectivity index (χ2n) is 6.20. The van der Waals surface area contributed by atoms with Gasteiger partial charge in [-0.2, -0.15) is 0 Å². The second kappa shape index (κ2) is 7.28. The Morgan fingerprint density at radius 3 is 2.39 bits per heavy atom. The summed E-state index contributed by atoms with van der Waals surface area (Å²) in [7, 11) is 0.